The standard InChI is InChI=1S/C20H24N2O4/c1-13-16(12-25-18(13)23)15-5-6-17(21-11-15)14-7-9-22(10-8-14)19(24)26-20(2,3)4/h5-7,11H,8-10,12H2,1-4H3. The maximum absolute atomic E-state index is 12.1. The Bertz CT molecular complexity index is 785. The quantitative estimate of drug-likeness (QED) is 0.759. The lowest BCUT2D eigenvalue weighted by Crippen LogP contribution is -2.39. The molecular weight excluding hydrogens is 332 g/mol. The number of pyridine rings is 1. The van der Waals surface area contributed by atoms with Gasteiger partial charge >= 0.3 is 12.1 Å². The summed E-state index contributed by atoms with van der Waals surface area (Å²) in [5, 5.41) is 0. The Balaban J connectivity index is 1.68. The first-order valence-corrected chi connectivity index (χ1v) is 8.75. The fraction of sp³-hybridized carbons (Fsp3) is 0.450. The molecule has 0 atom stereocenters. The normalized spacial score (nSPS) is 17.9. The molecule has 0 fully saturated rings. The lowest BCUT2D eigenvalue weighted by molar-refractivity contribution is -0.135. The van der Waals surface area contributed by atoms with Crippen molar-refractivity contribution in [2.75, 3.05) is 19.7 Å². The molecule has 0 unspecified atom stereocenters. The summed E-state index contributed by atoms with van der Waals surface area (Å²) in [4.78, 5) is 29.8. The minimum atomic E-state index is -0.489. The Labute approximate surface area is 153 Å². The second-order valence-corrected chi connectivity index (χ2v) is 7.52. The number of hydrogen-bond acceptors (Lipinski definition) is 5. The zero-order valence-corrected chi connectivity index (χ0v) is 15.7. The maximum atomic E-state index is 12.1. The number of aromatic nitrogens is 1. The van der Waals surface area contributed by atoms with Crippen LogP contribution in [0.3, 0.4) is 0 Å². The third-order valence-corrected chi connectivity index (χ3v) is 4.41. The van der Waals surface area contributed by atoms with Crippen LogP contribution in [0.4, 0.5) is 4.79 Å². The highest BCUT2D eigenvalue weighted by Gasteiger charge is 2.25. The SMILES string of the molecule is CC1=C(c2ccc(C3=CCN(C(=O)OC(C)(C)C)CC3)nc2)COC1=O. The lowest BCUT2D eigenvalue weighted by Gasteiger charge is -2.29. The van der Waals surface area contributed by atoms with Crippen LogP contribution in [0.25, 0.3) is 11.1 Å². The van der Waals surface area contributed by atoms with Crippen LogP contribution in [0.2, 0.25) is 0 Å². The van der Waals surface area contributed by atoms with E-state index in [2.05, 4.69) is 4.98 Å². The third-order valence-electron chi connectivity index (χ3n) is 4.41. The summed E-state index contributed by atoms with van der Waals surface area (Å²) in [7, 11) is 0. The van der Waals surface area contributed by atoms with Gasteiger partial charge in [-0.25, -0.2) is 9.59 Å². The van der Waals surface area contributed by atoms with Gasteiger partial charge in [-0.15, -0.1) is 0 Å². The fourth-order valence-corrected chi connectivity index (χ4v) is 2.93. The second-order valence-electron chi connectivity index (χ2n) is 7.52. The molecule has 0 aromatic carbocycles. The van der Waals surface area contributed by atoms with Crippen molar-refractivity contribution in [2.24, 2.45) is 0 Å². The highest BCUT2D eigenvalue weighted by Crippen LogP contribution is 2.27. The van der Waals surface area contributed by atoms with Gasteiger partial charge in [0.2, 0.25) is 0 Å². The summed E-state index contributed by atoms with van der Waals surface area (Å²) in [6, 6.07) is 3.91. The van der Waals surface area contributed by atoms with Gasteiger partial charge in [0.25, 0.3) is 0 Å². The number of carbonyl (C=O) groups excluding carboxylic acids is 2. The van der Waals surface area contributed by atoms with E-state index in [1.165, 1.54) is 0 Å². The summed E-state index contributed by atoms with van der Waals surface area (Å²) in [6.07, 6.45) is 4.23. The molecule has 1 aromatic rings. The average molecular weight is 356 g/mol. The molecule has 1 aromatic heterocycles. The Morgan fingerprint density at radius 2 is 2.08 bits per heavy atom. The van der Waals surface area contributed by atoms with E-state index in [0.717, 1.165) is 28.8 Å². The molecule has 2 aliphatic rings. The minimum absolute atomic E-state index is 0.263. The van der Waals surface area contributed by atoms with Crippen LogP contribution in [0.5, 0.6) is 0 Å². The van der Waals surface area contributed by atoms with Crippen LogP contribution in [0.15, 0.2) is 30.0 Å². The van der Waals surface area contributed by atoms with Gasteiger partial charge in [0.1, 0.15) is 12.2 Å². The number of cyclic esters (lactones) is 1. The van der Waals surface area contributed by atoms with Crippen molar-refractivity contribution in [3.05, 3.63) is 41.2 Å². The van der Waals surface area contributed by atoms with Crippen LogP contribution in [0.1, 0.15) is 45.4 Å². The summed E-state index contributed by atoms with van der Waals surface area (Å²) in [6.45, 7) is 8.79. The van der Waals surface area contributed by atoms with Crippen molar-refractivity contribution in [1.29, 1.82) is 0 Å². The van der Waals surface area contributed by atoms with Gasteiger partial charge in [-0.1, -0.05) is 12.1 Å². The Morgan fingerprint density at radius 1 is 1.31 bits per heavy atom. The van der Waals surface area contributed by atoms with Crippen molar-refractivity contribution in [2.45, 2.75) is 39.7 Å². The first kappa shape index (κ1) is 18.2. The molecule has 0 radical (unpaired) electrons. The molecule has 0 saturated carbocycles. The number of amides is 1. The molecule has 3 heterocycles. The van der Waals surface area contributed by atoms with Gasteiger partial charge < -0.3 is 14.4 Å². The van der Waals surface area contributed by atoms with E-state index in [4.69, 9.17) is 9.47 Å². The molecule has 0 N–H and O–H groups in total. The summed E-state index contributed by atoms with van der Waals surface area (Å²) < 4.78 is 10.5. The Kier molecular flexibility index (Phi) is 4.85. The van der Waals surface area contributed by atoms with Crippen molar-refractivity contribution in [3.63, 3.8) is 0 Å². The third kappa shape index (κ3) is 3.95. The smallest absolute Gasteiger partial charge is 0.410 e. The van der Waals surface area contributed by atoms with Gasteiger partial charge in [-0.2, -0.15) is 0 Å². The maximum Gasteiger partial charge on any atom is 0.410 e. The second kappa shape index (κ2) is 6.94. The number of hydrogen-bond donors (Lipinski definition) is 0. The Morgan fingerprint density at radius 3 is 2.58 bits per heavy atom. The zero-order valence-electron chi connectivity index (χ0n) is 15.7. The number of carbonyl (C=O) groups is 2. The van der Waals surface area contributed by atoms with E-state index in [-0.39, 0.29) is 12.1 Å². The minimum Gasteiger partial charge on any atom is -0.457 e. The zero-order chi connectivity index (χ0) is 18.9. The predicted octanol–water partition coefficient (Wildman–Crippen LogP) is 3.44. The molecule has 0 aliphatic carbocycles. The van der Waals surface area contributed by atoms with Crippen LogP contribution in [-0.2, 0) is 14.3 Å². The van der Waals surface area contributed by atoms with E-state index in [0.29, 0.717) is 25.3 Å². The topological polar surface area (TPSA) is 68.7 Å². The average Bonchev–Trinajstić information content (AvgIpc) is 2.93. The van der Waals surface area contributed by atoms with Crippen molar-refractivity contribution >= 4 is 23.2 Å². The molecule has 6 heteroatoms. The van der Waals surface area contributed by atoms with Gasteiger partial charge in [0.05, 0.1) is 5.69 Å². The monoisotopic (exact) mass is 356 g/mol. The summed E-state index contributed by atoms with van der Waals surface area (Å²) >= 11 is 0. The first-order chi connectivity index (χ1) is 12.2. The van der Waals surface area contributed by atoms with Crippen LogP contribution < -0.4 is 0 Å². The van der Waals surface area contributed by atoms with Gasteiger partial charge in [0.15, 0.2) is 0 Å². The van der Waals surface area contributed by atoms with Gasteiger partial charge in [-0.05, 0) is 51.3 Å². The molecule has 0 saturated heterocycles. The molecule has 2 aliphatic heterocycles. The van der Waals surface area contributed by atoms with E-state index in [9.17, 15) is 9.59 Å². The van der Waals surface area contributed by atoms with Gasteiger partial charge in [0, 0.05) is 30.4 Å². The van der Waals surface area contributed by atoms with Gasteiger partial charge in [-0.3, -0.25) is 4.98 Å². The number of ether oxygens (including phenoxy) is 2. The molecule has 6 nitrogen and oxygen atoms in total. The van der Waals surface area contributed by atoms with Crippen molar-refractivity contribution in [3.8, 4) is 0 Å². The van der Waals surface area contributed by atoms with Crippen molar-refractivity contribution in [1.82, 2.24) is 9.88 Å². The molecule has 0 spiro atoms. The summed E-state index contributed by atoms with van der Waals surface area (Å²) in [5.41, 5.74) is 3.95. The van der Waals surface area contributed by atoms with Crippen LogP contribution >= 0.6 is 0 Å². The van der Waals surface area contributed by atoms with E-state index >= 15 is 0 Å². The van der Waals surface area contributed by atoms with Crippen LogP contribution in [0, 0.1) is 0 Å². The number of rotatable bonds is 2. The largest absolute Gasteiger partial charge is 0.457 e. The van der Waals surface area contributed by atoms with Crippen LogP contribution in [-0.4, -0.2) is 47.2 Å². The van der Waals surface area contributed by atoms with E-state index in [1.807, 2.05) is 39.0 Å². The van der Waals surface area contributed by atoms with E-state index < -0.39 is 5.60 Å². The van der Waals surface area contributed by atoms with E-state index in [1.54, 1.807) is 18.0 Å². The molecule has 1 amide bonds. The molecule has 3 rings (SSSR count). The highest BCUT2D eigenvalue weighted by atomic mass is 16.6. The Hall–Kier alpha value is -2.63. The summed E-state index contributed by atoms with van der Waals surface area (Å²) in [5.74, 6) is -0.263. The highest BCUT2D eigenvalue weighted by molar-refractivity contribution is 6.01. The molecule has 0 bridgehead atoms. The number of esters is 1. The van der Waals surface area contributed by atoms with Crippen molar-refractivity contribution < 1.29 is 19.1 Å². The lowest BCUT2D eigenvalue weighted by atomic mass is 10.0. The fourth-order valence-electron chi connectivity index (χ4n) is 2.93. The predicted molar refractivity (Wildman–Crippen MR) is 98.2 cm³/mol. The molecule has 26 heavy (non-hydrogen) atoms. The number of nitrogens with zero attached hydrogens (tertiary/aromatic N) is 2. The molecular formula is C20H24N2O4. The molecule has 138 valence electrons. The first-order valence-electron chi connectivity index (χ1n) is 8.75.